The summed E-state index contributed by atoms with van der Waals surface area (Å²) in [5.74, 6) is -0.346. The summed E-state index contributed by atoms with van der Waals surface area (Å²) in [5.41, 5.74) is 4.85. The first kappa shape index (κ1) is 22.4. The normalized spacial score (nSPS) is 11.3. The van der Waals surface area contributed by atoms with Crippen molar-refractivity contribution in [1.82, 2.24) is 13.7 Å². The average molecular weight is 467 g/mol. The van der Waals surface area contributed by atoms with Gasteiger partial charge in [0.2, 0.25) is 5.91 Å². The number of para-hydroxylation sites is 1. The monoisotopic (exact) mass is 466 g/mol. The molecule has 176 valence electrons. The van der Waals surface area contributed by atoms with E-state index in [0.29, 0.717) is 22.4 Å². The Bertz CT molecular complexity index is 1720. The van der Waals surface area contributed by atoms with Gasteiger partial charge < -0.3 is 9.88 Å². The first-order valence-corrected chi connectivity index (χ1v) is 11.4. The van der Waals surface area contributed by atoms with Crippen molar-refractivity contribution < 1.29 is 4.79 Å². The van der Waals surface area contributed by atoms with Gasteiger partial charge in [0.15, 0.2) is 0 Å². The summed E-state index contributed by atoms with van der Waals surface area (Å²) in [6.45, 7) is 5.65. The molecule has 0 aliphatic carbocycles. The molecule has 0 atom stereocenters. The summed E-state index contributed by atoms with van der Waals surface area (Å²) in [6, 6.07) is 20.4. The Balaban J connectivity index is 1.76. The van der Waals surface area contributed by atoms with Crippen LogP contribution in [-0.2, 0) is 18.4 Å². The number of carbonyl (C=O) groups excluding carboxylic acids is 1. The summed E-state index contributed by atoms with van der Waals surface area (Å²) in [5, 5.41) is 3.67. The SMILES string of the molecule is Cc1cc(C)cc(NC(=O)Cn2c(=O)n(-c3ccccc3)c(=O)c3c2c2cc(C)ccc2n3C)c1. The van der Waals surface area contributed by atoms with Gasteiger partial charge in [0.25, 0.3) is 5.56 Å². The molecule has 7 heteroatoms. The summed E-state index contributed by atoms with van der Waals surface area (Å²) < 4.78 is 4.34. The zero-order valence-corrected chi connectivity index (χ0v) is 20.1. The molecule has 1 N–H and O–H groups in total. The molecule has 1 amide bonds. The van der Waals surface area contributed by atoms with E-state index in [-0.39, 0.29) is 12.5 Å². The minimum atomic E-state index is -0.557. The minimum absolute atomic E-state index is 0.234. The third-order valence-electron chi connectivity index (χ3n) is 6.25. The Kier molecular flexibility index (Phi) is 5.40. The van der Waals surface area contributed by atoms with Gasteiger partial charge in [-0.05, 0) is 68.3 Å². The molecule has 0 unspecified atom stereocenters. The Labute approximate surface area is 201 Å². The van der Waals surface area contributed by atoms with Gasteiger partial charge in [-0.15, -0.1) is 0 Å². The van der Waals surface area contributed by atoms with Gasteiger partial charge in [-0.25, -0.2) is 9.36 Å². The van der Waals surface area contributed by atoms with Crippen LogP contribution in [0, 0.1) is 20.8 Å². The molecular formula is C28H26N4O3. The van der Waals surface area contributed by atoms with E-state index in [2.05, 4.69) is 5.32 Å². The maximum atomic E-state index is 13.8. The number of amides is 1. The fourth-order valence-electron chi connectivity index (χ4n) is 4.81. The molecule has 3 aromatic carbocycles. The topological polar surface area (TPSA) is 78.0 Å². The molecule has 0 aliphatic heterocycles. The molecular weight excluding hydrogens is 440 g/mol. The van der Waals surface area contributed by atoms with Crippen molar-refractivity contribution in [1.29, 1.82) is 0 Å². The minimum Gasteiger partial charge on any atom is -0.338 e. The maximum absolute atomic E-state index is 13.8. The van der Waals surface area contributed by atoms with Crippen molar-refractivity contribution in [2.24, 2.45) is 7.05 Å². The van der Waals surface area contributed by atoms with E-state index in [0.717, 1.165) is 32.2 Å². The zero-order chi connectivity index (χ0) is 24.9. The van der Waals surface area contributed by atoms with Crippen molar-refractivity contribution in [3.05, 3.63) is 104 Å². The molecule has 0 bridgehead atoms. The Morgan fingerprint density at radius 3 is 2.20 bits per heavy atom. The van der Waals surface area contributed by atoms with Crippen molar-refractivity contribution in [2.45, 2.75) is 27.3 Å². The number of hydrogen-bond acceptors (Lipinski definition) is 3. The predicted molar refractivity (Wildman–Crippen MR) is 140 cm³/mol. The third kappa shape index (κ3) is 3.85. The van der Waals surface area contributed by atoms with E-state index >= 15 is 0 Å². The van der Waals surface area contributed by atoms with Crippen molar-refractivity contribution in [3.63, 3.8) is 0 Å². The number of fused-ring (bicyclic) bond motifs is 3. The molecule has 0 spiro atoms. The number of hydrogen-bond donors (Lipinski definition) is 1. The van der Waals surface area contributed by atoms with Crippen LogP contribution in [0.2, 0.25) is 0 Å². The number of carbonyl (C=O) groups is 1. The van der Waals surface area contributed by atoms with Crippen molar-refractivity contribution in [3.8, 4) is 5.69 Å². The van der Waals surface area contributed by atoms with E-state index in [9.17, 15) is 14.4 Å². The second kappa shape index (κ2) is 8.43. The lowest BCUT2D eigenvalue weighted by Crippen LogP contribution is -2.41. The van der Waals surface area contributed by atoms with Crippen molar-refractivity contribution >= 4 is 33.5 Å². The Hall–Kier alpha value is -4.39. The second-order valence-corrected chi connectivity index (χ2v) is 9.05. The fourth-order valence-corrected chi connectivity index (χ4v) is 4.81. The molecule has 0 saturated carbocycles. The number of nitrogens with one attached hydrogen (secondary N) is 1. The summed E-state index contributed by atoms with van der Waals surface area (Å²) >= 11 is 0. The first-order valence-electron chi connectivity index (χ1n) is 11.4. The zero-order valence-electron chi connectivity index (χ0n) is 20.1. The molecule has 0 fully saturated rings. The van der Waals surface area contributed by atoms with Crippen LogP contribution < -0.4 is 16.6 Å². The van der Waals surface area contributed by atoms with Crippen LogP contribution in [-0.4, -0.2) is 19.6 Å². The molecule has 5 aromatic rings. The number of anilines is 1. The summed E-state index contributed by atoms with van der Waals surface area (Å²) in [4.78, 5) is 40.6. The molecule has 2 heterocycles. The van der Waals surface area contributed by atoms with E-state index in [1.54, 1.807) is 35.9 Å². The first-order chi connectivity index (χ1) is 16.7. The Morgan fingerprint density at radius 2 is 1.51 bits per heavy atom. The van der Waals surface area contributed by atoms with E-state index in [1.165, 1.54) is 4.57 Å². The van der Waals surface area contributed by atoms with Crippen LogP contribution in [0.1, 0.15) is 16.7 Å². The highest BCUT2D eigenvalue weighted by Gasteiger charge is 2.22. The largest absolute Gasteiger partial charge is 0.338 e. The lowest BCUT2D eigenvalue weighted by atomic mass is 10.1. The van der Waals surface area contributed by atoms with E-state index in [1.807, 2.05) is 63.2 Å². The quantitative estimate of drug-likeness (QED) is 0.431. The number of rotatable bonds is 4. The number of benzene rings is 3. The number of aromatic nitrogens is 3. The maximum Gasteiger partial charge on any atom is 0.336 e. The lowest BCUT2D eigenvalue weighted by Gasteiger charge is -2.14. The average Bonchev–Trinajstić information content (AvgIpc) is 3.08. The van der Waals surface area contributed by atoms with E-state index < -0.39 is 11.2 Å². The molecule has 0 radical (unpaired) electrons. The standard InChI is InChI=1S/C28H26N4O3/c1-17-10-11-23-22(15-17)25-26(30(23)4)27(34)32(21-8-6-5-7-9-21)28(35)31(25)16-24(33)29-20-13-18(2)12-19(3)14-20/h5-15H,16H2,1-4H3,(H,29,33). The van der Waals surface area contributed by atoms with Crippen LogP contribution in [0.4, 0.5) is 5.69 Å². The molecule has 2 aromatic heterocycles. The van der Waals surface area contributed by atoms with Gasteiger partial charge in [-0.2, -0.15) is 0 Å². The molecule has 0 saturated heterocycles. The highest BCUT2D eigenvalue weighted by molar-refractivity contribution is 6.06. The van der Waals surface area contributed by atoms with Crippen LogP contribution >= 0.6 is 0 Å². The smallest absolute Gasteiger partial charge is 0.336 e. The molecule has 0 aliphatic rings. The van der Waals surface area contributed by atoms with Gasteiger partial charge in [0.1, 0.15) is 12.1 Å². The van der Waals surface area contributed by atoms with Gasteiger partial charge >= 0.3 is 5.69 Å². The van der Waals surface area contributed by atoms with Gasteiger partial charge in [0.05, 0.1) is 16.7 Å². The van der Waals surface area contributed by atoms with Crippen LogP contribution in [0.3, 0.4) is 0 Å². The van der Waals surface area contributed by atoms with Gasteiger partial charge in [-0.3, -0.25) is 14.2 Å². The van der Waals surface area contributed by atoms with Crippen LogP contribution in [0.25, 0.3) is 27.6 Å². The lowest BCUT2D eigenvalue weighted by molar-refractivity contribution is -0.116. The van der Waals surface area contributed by atoms with Crippen molar-refractivity contribution in [2.75, 3.05) is 5.32 Å². The third-order valence-corrected chi connectivity index (χ3v) is 6.25. The number of nitrogens with zero attached hydrogens (tertiary/aromatic N) is 3. The Morgan fingerprint density at radius 1 is 0.829 bits per heavy atom. The second-order valence-electron chi connectivity index (χ2n) is 9.05. The molecule has 7 nitrogen and oxygen atoms in total. The molecule has 35 heavy (non-hydrogen) atoms. The highest BCUT2D eigenvalue weighted by atomic mass is 16.2. The highest BCUT2D eigenvalue weighted by Crippen LogP contribution is 2.27. The van der Waals surface area contributed by atoms with Gasteiger partial charge in [-0.1, -0.05) is 35.9 Å². The molecule has 5 rings (SSSR count). The summed E-state index contributed by atoms with van der Waals surface area (Å²) in [6.07, 6.45) is 0. The van der Waals surface area contributed by atoms with Gasteiger partial charge in [0, 0.05) is 18.1 Å². The van der Waals surface area contributed by atoms with Crippen LogP contribution in [0.5, 0.6) is 0 Å². The number of aryl methyl sites for hydroxylation is 4. The predicted octanol–water partition coefficient (Wildman–Crippen LogP) is 4.21. The summed E-state index contributed by atoms with van der Waals surface area (Å²) in [7, 11) is 1.81. The van der Waals surface area contributed by atoms with E-state index in [4.69, 9.17) is 0 Å². The fraction of sp³-hybridized carbons (Fsp3) is 0.179. The van der Waals surface area contributed by atoms with Crippen LogP contribution in [0.15, 0.2) is 76.3 Å².